The van der Waals surface area contributed by atoms with Gasteiger partial charge >= 0.3 is 0 Å². The summed E-state index contributed by atoms with van der Waals surface area (Å²) in [4.78, 5) is 4.44. The second kappa shape index (κ2) is 6.02. The number of methoxy groups -OCH3 is 1. The van der Waals surface area contributed by atoms with Crippen molar-refractivity contribution in [2.75, 3.05) is 13.0 Å². The maximum Gasteiger partial charge on any atom is 0.128 e. The first-order valence-electron chi connectivity index (χ1n) is 6.09. The number of ether oxygens (including phenoxy) is 1. The SMILES string of the molecule is COc1c(C)cnc(Cn2cc(CCCl)nn2)c1C. The Morgan fingerprint density at radius 3 is 2.84 bits per heavy atom. The van der Waals surface area contributed by atoms with E-state index in [9.17, 15) is 0 Å². The lowest BCUT2D eigenvalue weighted by atomic mass is 10.1. The van der Waals surface area contributed by atoms with E-state index in [1.807, 2.05) is 26.2 Å². The van der Waals surface area contributed by atoms with Crippen LogP contribution in [0.3, 0.4) is 0 Å². The summed E-state index contributed by atoms with van der Waals surface area (Å²) < 4.78 is 7.16. The molecule has 102 valence electrons. The van der Waals surface area contributed by atoms with Gasteiger partial charge in [0.25, 0.3) is 0 Å². The molecule has 0 spiro atoms. The molecule has 0 saturated carbocycles. The first-order chi connectivity index (χ1) is 9.15. The van der Waals surface area contributed by atoms with Gasteiger partial charge in [0.2, 0.25) is 0 Å². The van der Waals surface area contributed by atoms with Crippen LogP contribution >= 0.6 is 11.6 Å². The fourth-order valence-electron chi connectivity index (χ4n) is 2.01. The molecule has 0 aliphatic rings. The fraction of sp³-hybridized carbons (Fsp3) is 0.462. The number of hydrogen-bond acceptors (Lipinski definition) is 4. The van der Waals surface area contributed by atoms with E-state index in [1.54, 1.807) is 11.8 Å². The minimum absolute atomic E-state index is 0.550. The number of hydrogen-bond donors (Lipinski definition) is 0. The van der Waals surface area contributed by atoms with E-state index in [-0.39, 0.29) is 0 Å². The number of halogens is 1. The third-order valence-corrected chi connectivity index (χ3v) is 3.19. The molecule has 2 heterocycles. The molecule has 6 heteroatoms. The smallest absolute Gasteiger partial charge is 0.128 e. The minimum Gasteiger partial charge on any atom is -0.496 e. The maximum atomic E-state index is 5.68. The maximum absolute atomic E-state index is 5.68. The number of alkyl halides is 1. The molecule has 0 bridgehead atoms. The Bertz CT molecular complexity index is 568. The zero-order chi connectivity index (χ0) is 13.8. The highest BCUT2D eigenvalue weighted by atomic mass is 35.5. The van der Waals surface area contributed by atoms with Crippen molar-refractivity contribution in [1.29, 1.82) is 0 Å². The van der Waals surface area contributed by atoms with Crippen molar-refractivity contribution >= 4 is 11.6 Å². The normalized spacial score (nSPS) is 10.7. The van der Waals surface area contributed by atoms with Crippen LogP contribution in [0.4, 0.5) is 0 Å². The lowest BCUT2D eigenvalue weighted by Crippen LogP contribution is -2.06. The van der Waals surface area contributed by atoms with E-state index in [0.717, 1.165) is 34.7 Å². The molecule has 0 saturated heterocycles. The van der Waals surface area contributed by atoms with Gasteiger partial charge in [0.05, 0.1) is 25.0 Å². The largest absolute Gasteiger partial charge is 0.496 e. The Kier molecular flexibility index (Phi) is 4.37. The summed E-state index contributed by atoms with van der Waals surface area (Å²) in [5.41, 5.74) is 3.90. The van der Waals surface area contributed by atoms with Crippen molar-refractivity contribution in [3.8, 4) is 5.75 Å². The molecule has 2 rings (SSSR count). The highest BCUT2D eigenvalue weighted by Crippen LogP contribution is 2.24. The van der Waals surface area contributed by atoms with Gasteiger partial charge in [-0.3, -0.25) is 4.98 Å². The molecule has 0 fully saturated rings. The van der Waals surface area contributed by atoms with E-state index >= 15 is 0 Å². The predicted molar refractivity (Wildman–Crippen MR) is 73.8 cm³/mol. The summed E-state index contributed by atoms with van der Waals surface area (Å²) in [5.74, 6) is 1.43. The van der Waals surface area contributed by atoms with Crippen LogP contribution < -0.4 is 4.74 Å². The molecule has 0 aliphatic heterocycles. The summed E-state index contributed by atoms with van der Waals surface area (Å²) in [7, 11) is 1.67. The Morgan fingerprint density at radius 2 is 2.16 bits per heavy atom. The average Bonchev–Trinajstić information content (AvgIpc) is 2.82. The molecule has 0 aromatic carbocycles. The molecule has 0 atom stereocenters. The van der Waals surface area contributed by atoms with Gasteiger partial charge in [-0.1, -0.05) is 5.21 Å². The summed E-state index contributed by atoms with van der Waals surface area (Å²) in [6, 6.07) is 0. The van der Waals surface area contributed by atoms with E-state index in [4.69, 9.17) is 16.3 Å². The molecule has 2 aromatic heterocycles. The molecule has 19 heavy (non-hydrogen) atoms. The van der Waals surface area contributed by atoms with Crippen molar-refractivity contribution < 1.29 is 4.74 Å². The van der Waals surface area contributed by atoms with Gasteiger partial charge in [-0.15, -0.1) is 16.7 Å². The van der Waals surface area contributed by atoms with Crippen molar-refractivity contribution in [1.82, 2.24) is 20.0 Å². The first kappa shape index (κ1) is 13.8. The number of nitrogens with zero attached hydrogens (tertiary/aromatic N) is 4. The Balaban J connectivity index is 2.23. The van der Waals surface area contributed by atoms with Gasteiger partial charge < -0.3 is 4.74 Å². The summed E-state index contributed by atoms with van der Waals surface area (Å²) >= 11 is 5.68. The number of pyridine rings is 1. The van der Waals surface area contributed by atoms with Crippen molar-refractivity contribution in [2.24, 2.45) is 0 Å². The molecule has 5 nitrogen and oxygen atoms in total. The average molecular weight is 281 g/mol. The summed E-state index contributed by atoms with van der Waals surface area (Å²) in [5, 5.41) is 8.14. The summed E-state index contributed by atoms with van der Waals surface area (Å²) in [6.07, 6.45) is 4.44. The standard InChI is InChI=1S/C13H17ClN4O/c1-9-6-15-12(10(2)13(9)19-3)8-18-7-11(4-5-14)16-17-18/h6-7H,4-5,8H2,1-3H3. The van der Waals surface area contributed by atoms with Crippen LogP contribution in [0.25, 0.3) is 0 Å². The zero-order valence-corrected chi connectivity index (χ0v) is 12.1. The molecular weight excluding hydrogens is 264 g/mol. The third-order valence-electron chi connectivity index (χ3n) is 3.00. The van der Waals surface area contributed by atoms with E-state index in [1.165, 1.54) is 0 Å². The zero-order valence-electron chi connectivity index (χ0n) is 11.4. The Labute approximate surface area is 117 Å². The monoisotopic (exact) mass is 280 g/mol. The topological polar surface area (TPSA) is 52.8 Å². The molecule has 0 radical (unpaired) electrons. The number of rotatable bonds is 5. The van der Waals surface area contributed by atoms with Crippen LogP contribution in [0.15, 0.2) is 12.4 Å². The van der Waals surface area contributed by atoms with E-state index < -0.39 is 0 Å². The molecule has 0 amide bonds. The highest BCUT2D eigenvalue weighted by molar-refractivity contribution is 6.17. The minimum atomic E-state index is 0.550. The van der Waals surface area contributed by atoms with Gasteiger partial charge in [-0.25, -0.2) is 4.68 Å². The predicted octanol–water partition coefficient (Wildman–Crippen LogP) is 2.13. The first-order valence-corrected chi connectivity index (χ1v) is 6.63. The number of aromatic nitrogens is 4. The lowest BCUT2D eigenvalue weighted by Gasteiger charge is -2.11. The van der Waals surface area contributed by atoms with Crippen LogP contribution in [0.2, 0.25) is 0 Å². The van der Waals surface area contributed by atoms with E-state index in [0.29, 0.717) is 12.4 Å². The molecule has 0 N–H and O–H groups in total. The molecule has 0 unspecified atom stereocenters. The quantitative estimate of drug-likeness (QED) is 0.788. The molecule has 0 aliphatic carbocycles. The van der Waals surface area contributed by atoms with Crippen LogP contribution in [-0.4, -0.2) is 33.0 Å². The molecular formula is C13H17ClN4O. The van der Waals surface area contributed by atoms with Crippen LogP contribution in [0.5, 0.6) is 5.75 Å². The second-order valence-electron chi connectivity index (χ2n) is 4.39. The summed E-state index contributed by atoms with van der Waals surface area (Å²) in [6.45, 7) is 4.57. The van der Waals surface area contributed by atoms with Crippen molar-refractivity contribution in [3.05, 3.63) is 34.9 Å². The molecule has 2 aromatic rings. The Hall–Kier alpha value is -1.62. The second-order valence-corrected chi connectivity index (χ2v) is 4.77. The Morgan fingerprint density at radius 1 is 1.37 bits per heavy atom. The lowest BCUT2D eigenvalue weighted by molar-refractivity contribution is 0.406. The van der Waals surface area contributed by atoms with E-state index in [2.05, 4.69) is 15.3 Å². The highest BCUT2D eigenvalue weighted by Gasteiger charge is 2.10. The van der Waals surface area contributed by atoms with Crippen LogP contribution in [0, 0.1) is 13.8 Å². The van der Waals surface area contributed by atoms with Gasteiger partial charge in [0, 0.05) is 35.8 Å². The van der Waals surface area contributed by atoms with Crippen LogP contribution in [0.1, 0.15) is 22.5 Å². The van der Waals surface area contributed by atoms with Gasteiger partial charge in [-0.05, 0) is 13.8 Å². The van der Waals surface area contributed by atoms with Gasteiger partial charge in [-0.2, -0.15) is 0 Å². The number of aryl methyl sites for hydroxylation is 2. The van der Waals surface area contributed by atoms with Crippen LogP contribution in [-0.2, 0) is 13.0 Å². The van der Waals surface area contributed by atoms with Gasteiger partial charge in [0.15, 0.2) is 0 Å². The van der Waals surface area contributed by atoms with Crippen molar-refractivity contribution in [3.63, 3.8) is 0 Å². The third kappa shape index (κ3) is 3.04. The fourth-order valence-corrected chi connectivity index (χ4v) is 2.20. The van der Waals surface area contributed by atoms with Gasteiger partial charge in [0.1, 0.15) is 5.75 Å². The van der Waals surface area contributed by atoms with Crippen molar-refractivity contribution in [2.45, 2.75) is 26.8 Å².